The number of nitrogens with two attached hydrogens (primary N) is 1. The van der Waals surface area contributed by atoms with Gasteiger partial charge in [-0.3, -0.25) is 0 Å². The van der Waals surface area contributed by atoms with Gasteiger partial charge in [-0.1, -0.05) is 13.3 Å². The largest absolute Gasteiger partial charge is 0.390 e. The summed E-state index contributed by atoms with van der Waals surface area (Å²) in [5.74, 6) is 0.925. The molecule has 102 valence electrons. The van der Waals surface area contributed by atoms with Crippen molar-refractivity contribution in [2.75, 3.05) is 0 Å². The quantitative estimate of drug-likeness (QED) is 0.737. The summed E-state index contributed by atoms with van der Waals surface area (Å²) < 4.78 is 0. The molecular formula is C15H32NO+. The van der Waals surface area contributed by atoms with Gasteiger partial charge in [-0.2, -0.15) is 0 Å². The molecule has 0 spiro atoms. The molecule has 0 aliphatic heterocycles. The average molecular weight is 242 g/mol. The maximum atomic E-state index is 9.68. The molecule has 0 aromatic carbocycles. The fourth-order valence-corrected chi connectivity index (χ4v) is 3.07. The van der Waals surface area contributed by atoms with Crippen LogP contribution in [0.2, 0.25) is 0 Å². The van der Waals surface area contributed by atoms with Gasteiger partial charge in [-0.15, -0.1) is 0 Å². The minimum Gasteiger partial charge on any atom is -0.390 e. The fraction of sp³-hybridized carbons (Fsp3) is 1.00. The second-order valence-corrected chi connectivity index (χ2v) is 6.91. The predicted octanol–water partition coefficient (Wildman–Crippen LogP) is 2.46. The SMILES string of the molecule is C[C@H]1CCC[C@H]([NH2+][C@@H](C)CCCC(C)(C)O)C1. The summed E-state index contributed by atoms with van der Waals surface area (Å²) in [6.45, 7) is 8.54. The first-order chi connectivity index (χ1) is 7.87. The molecule has 2 nitrogen and oxygen atoms in total. The van der Waals surface area contributed by atoms with Crippen LogP contribution >= 0.6 is 0 Å². The molecule has 17 heavy (non-hydrogen) atoms. The molecule has 1 aliphatic carbocycles. The van der Waals surface area contributed by atoms with E-state index in [0.29, 0.717) is 6.04 Å². The van der Waals surface area contributed by atoms with Gasteiger partial charge in [0.05, 0.1) is 17.7 Å². The summed E-state index contributed by atoms with van der Waals surface area (Å²) >= 11 is 0. The van der Waals surface area contributed by atoms with Gasteiger partial charge in [0.2, 0.25) is 0 Å². The molecule has 1 saturated carbocycles. The number of quaternary nitrogens is 1. The van der Waals surface area contributed by atoms with Gasteiger partial charge >= 0.3 is 0 Å². The van der Waals surface area contributed by atoms with E-state index in [1.165, 1.54) is 32.1 Å². The zero-order valence-electron chi connectivity index (χ0n) is 12.2. The highest BCUT2D eigenvalue weighted by molar-refractivity contribution is 4.69. The third-order valence-electron chi connectivity index (χ3n) is 4.03. The molecule has 1 fully saturated rings. The maximum Gasteiger partial charge on any atom is 0.0863 e. The number of aliphatic hydroxyl groups is 1. The Kier molecular flexibility index (Phi) is 5.94. The monoisotopic (exact) mass is 242 g/mol. The number of hydrogen-bond acceptors (Lipinski definition) is 1. The Labute approximate surface area is 107 Å². The van der Waals surface area contributed by atoms with Crippen LogP contribution in [0.3, 0.4) is 0 Å². The Morgan fingerprint density at radius 2 is 2.06 bits per heavy atom. The van der Waals surface area contributed by atoms with Gasteiger partial charge in [0.25, 0.3) is 0 Å². The van der Waals surface area contributed by atoms with E-state index < -0.39 is 5.60 Å². The van der Waals surface area contributed by atoms with Gasteiger partial charge in [0.1, 0.15) is 0 Å². The second kappa shape index (κ2) is 6.75. The van der Waals surface area contributed by atoms with E-state index in [9.17, 15) is 5.11 Å². The van der Waals surface area contributed by atoms with Gasteiger partial charge in [0, 0.05) is 6.42 Å². The van der Waals surface area contributed by atoms with E-state index in [2.05, 4.69) is 19.2 Å². The molecule has 0 heterocycles. The Morgan fingerprint density at radius 1 is 1.35 bits per heavy atom. The van der Waals surface area contributed by atoms with Gasteiger partial charge in [-0.25, -0.2) is 0 Å². The van der Waals surface area contributed by atoms with Crippen molar-refractivity contribution >= 4 is 0 Å². The van der Waals surface area contributed by atoms with Crippen LogP contribution in [0.25, 0.3) is 0 Å². The molecule has 0 aromatic rings. The van der Waals surface area contributed by atoms with Gasteiger partial charge in [-0.05, 0) is 58.8 Å². The summed E-state index contributed by atoms with van der Waals surface area (Å²) in [4.78, 5) is 0. The Balaban J connectivity index is 2.13. The van der Waals surface area contributed by atoms with E-state index in [1.54, 1.807) is 0 Å². The standard InChI is InChI=1S/C15H31NO/c1-12-7-5-9-14(11-12)16-13(2)8-6-10-15(3,4)17/h12-14,16-17H,5-11H2,1-4H3/p+1/t12-,13-,14-/m0/s1. The zero-order chi connectivity index (χ0) is 12.9. The third kappa shape index (κ3) is 7.05. The smallest absolute Gasteiger partial charge is 0.0863 e. The summed E-state index contributed by atoms with van der Waals surface area (Å²) in [6.07, 6.45) is 8.94. The first-order valence-electron chi connectivity index (χ1n) is 7.44. The molecule has 2 heteroatoms. The van der Waals surface area contributed by atoms with Crippen LogP contribution in [0.4, 0.5) is 0 Å². The summed E-state index contributed by atoms with van der Waals surface area (Å²) in [7, 11) is 0. The third-order valence-corrected chi connectivity index (χ3v) is 4.03. The van der Waals surface area contributed by atoms with Gasteiger partial charge in [0.15, 0.2) is 0 Å². The van der Waals surface area contributed by atoms with Crippen LogP contribution in [0.1, 0.15) is 72.6 Å². The van der Waals surface area contributed by atoms with Crippen LogP contribution in [-0.4, -0.2) is 22.8 Å². The first kappa shape index (κ1) is 15.0. The van der Waals surface area contributed by atoms with Crippen LogP contribution in [-0.2, 0) is 0 Å². The van der Waals surface area contributed by atoms with E-state index in [0.717, 1.165) is 24.8 Å². The minimum atomic E-state index is -0.487. The highest BCUT2D eigenvalue weighted by Crippen LogP contribution is 2.21. The van der Waals surface area contributed by atoms with Crippen LogP contribution < -0.4 is 5.32 Å². The van der Waals surface area contributed by atoms with Crippen molar-refractivity contribution in [2.24, 2.45) is 5.92 Å². The summed E-state index contributed by atoms with van der Waals surface area (Å²) in [5, 5.41) is 12.3. The summed E-state index contributed by atoms with van der Waals surface area (Å²) in [6, 6.07) is 1.57. The van der Waals surface area contributed by atoms with Crippen molar-refractivity contribution in [3.8, 4) is 0 Å². The lowest BCUT2D eigenvalue weighted by atomic mass is 9.86. The number of hydrogen-bond donors (Lipinski definition) is 2. The molecule has 0 aromatic heterocycles. The number of rotatable bonds is 6. The van der Waals surface area contributed by atoms with Crippen molar-refractivity contribution in [2.45, 2.75) is 90.3 Å². The Bertz CT molecular complexity index is 209. The van der Waals surface area contributed by atoms with Crippen LogP contribution in [0.5, 0.6) is 0 Å². The Morgan fingerprint density at radius 3 is 2.65 bits per heavy atom. The lowest BCUT2D eigenvalue weighted by molar-refractivity contribution is -0.722. The zero-order valence-corrected chi connectivity index (χ0v) is 12.2. The minimum absolute atomic E-state index is 0.487. The predicted molar refractivity (Wildman–Crippen MR) is 73.0 cm³/mol. The van der Waals surface area contributed by atoms with Crippen molar-refractivity contribution < 1.29 is 10.4 Å². The molecule has 0 bridgehead atoms. The topological polar surface area (TPSA) is 36.8 Å². The average Bonchev–Trinajstić information content (AvgIpc) is 2.15. The van der Waals surface area contributed by atoms with E-state index in [-0.39, 0.29) is 0 Å². The first-order valence-corrected chi connectivity index (χ1v) is 7.44. The summed E-state index contributed by atoms with van der Waals surface area (Å²) in [5.41, 5.74) is -0.487. The van der Waals surface area contributed by atoms with E-state index in [1.807, 2.05) is 13.8 Å². The molecule has 0 radical (unpaired) electrons. The molecule has 0 amide bonds. The van der Waals surface area contributed by atoms with Crippen molar-refractivity contribution in [1.29, 1.82) is 0 Å². The van der Waals surface area contributed by atoms with Crippen LogP contribution in [0.15, 0.2) is 0 Å². The molecular weight excluding hydrogens is 210 g/mol. The lowest BCUT2D eigenvalue weighted by Gasteiger charge is -2.27. The van der Waals surface area contributed by atoms with Crippen molar-refractivity contribution in [3.05, 3.63) is 0 Å². The highest BCUT2D eigenvalue weighted by atomic mass is 16.3. The second-order valence-electron chi connectivity index (χ2n) is 6.91. The molecule has 0 unspecified atom stereocenters. The highest BCUT2D eigenvalue weighted by Gasteiger charge is 2.23. The molecule has 0 saturated heterocycles. The maximum absolute atomic E-state index is 9.68. The van der Waals surface area contributed by atoms with Crippen molar-refractivity contribution in [3.63, 3.8) is 0 Å². The van der Waals surface area contributed by atoms with E-state index in [4.69, 9.17) is 0 Å². The molecule has 3 atom stereocenters. The lowest BCUT2D eigenvalue weighted by Crippen LogP contribution is -2.94. The molecule has 1 rings (SSSR count). The molecule has 1 aliphatic rings. The normalized spacial score (nSPS) is 28.1. The Hall–Kier alpha value is -0.0800. The van der Waals surface area contributed by atoms with Gasteiger partial charge < -0.3 is 10.4 Å². The fourth-order valence-electron chi connectivity index (χ4n) is 3.07. The van der Waals surface area contributed by atoms with Crippen molar-refractivity contribution in [1.82, 2.24) is 0 Å². The van der Waals surface area contributed by atoms with E-state index >= 15 is 0 Å². The molecule has 3 N–H and O–H groups in total. The van der Waals surface area contributed by atoms with Crippen LogP contribution in [0, 0.1) is 5.92 Å².